The van der Waals surface area contributed by atoms with Crippen LogP contribution in [0.2, 0.25) is 0 Å². The number of anilines is 2. The van der Waals surface area contributed by atoms with Crippen LogP contribution < -0.4 is 19.3 Å². The number of non-ortho nitro benzene ring substituents is 2. The van der Waals surface area contributed by atoms with E-state index in [1.165, 1.54) is 44.5 Å². The fourth-order valence-electron chi connectivity index (χ4n) is 11.6. The molecule has 10 heteroatoms. The number of nitro benzene ring substituents is 2. The highest BCUT2D eigenvalue weighted by atomic mass is 16.6. The molecule has 2 spiro atoms. The van der Waals surface area contributed by atoms with Gasteiger partial charge >= 0.3 is 0 Å². The molecule has 74 heavy (non-hydrogen) atoms. The summed E-state index contributed by atoms with van der Waals surface area (Å²) in [5, 5.41) is 22.9. The minimum Gasteiger partial charge on any atom is -0.462 e. The van der Waals surface area contributed by atoms with E-state index in [9.17, 15) is 20.2 Å². The first-order valence-corrected chi connectivity index (χ1v) is 25.0. The number of fused-ring (bicyclic) bond motifs is 4. The molecule has 0 saturated carbocycles. The van der Waals surface area contributed by atoms with Gasteiger partial charge in [-0.05, 0) is 134 Å². The molecule has 8 aromatic rings. The van der Waals surface area contributed by atoms with E-state index >= 15 is 0 Å². The predicted molar refractivity (Wildman–Crippen MR) is 296 cm³/mol. The fraction of sp³-hybridized carbons (Fsp3) is 0.188. The van der Waals surface area contributed by atoms with Crippen molar-refractivity contribution in [3.05, 3.63) is 259 Å². The van der Waals surface area contributed by atoms with Gasteiger partial charge < -0.3 is 19.3 Å². The molecule has 0 saturated heterocycles. The van der Waals surface area contributed by atoms with Crippen LogP contribution in [0.5, 0.6) is 11.5 Å². The SMILES string of the molecule is Cc1cc([N+](=O)[O-])cc2c1OC1(C=C2)N(Cc2ccc(-c3ccccc3)cc2)c2ccccc2C1(C)C.Cc1cc([N+](=O)[O-])cc2c1OC1(C=C2)N(Cc2ccc(-c3ccccc3)cc2)c2ccccc2C1(C)C. The lowest BCUT2D eigenvalue weighted by molar-refractivity contribution is -0.385. The van der Waals surface area contributed by atoms with Crippen molar-refractivity contribution in [3.63, 3.8) is 0 Å². The van der Waals surface area contributed by atoms with Crippen molar-refractivity contribution in [3.8, 4) is 33.8 Å². The quantitative estimate of drug-likeness (QED) is 0.109. The third-order valence-electron chi connectivity index (χ3n) is 15.6. The number of ether oxygens (including phenoxy) is 2. The molecule has 2 unspecified atom stereocenters. The number of rotatable bonds is 8. The Morgan fingerprint density at radius 1 is 0.446 bits per heavy atom. The third kappa shape index (κ3) is 7.80. The van der Waals surface area contributed by atoms with E-state index in [4.69, 9.17) is 9.47 Å². The number of hydrogen-bond donors (Lipinski definition) is 0. The Hall–Kier alpha value is -8.76. The van der Waals surface area contributed by atoms with Gasteiger partial charge in [-0.3, -0.25) is 20.2 Å². The molecule has 0 aliphatic carbocycles. The van der Waals surface area contributed by atoms with E-state index in [1.54, 1.807) is 24.3 Å². The molecule has 10 nitrogen and oxygen atoms in total. The Morgan fingerprint density at radius 2 is 0.784 bits per heavy atom. The van der Waals surface area contributed by atoms with Crippen molar-refractivity contribution < 1.29 is 19.3 Å². The molecule has 2 atom stereocenters. The second-order valence-corrected chi connectivity index (χ2v) is 20.7. The Labute approximate surface area is 431 Å². The summed E-state index contributed by atoms with van der Waals surface area (Å²) in [6.45, 7) is 13.9. The summed E-state index contributed by atoms with van der Waals surface area (Å²) in [4.78, 5) is 26.8. The van der Waals surface area contributed by atoms with Crippen LogP contribution in [0.1, 0.15) is 72.2 Å². The van der Waals surface area contributed by atoms with Crippen molar-refractivity contribution in [1.82, 2.24) is 0 Å². The van der Waals surface area contributed by atoms with E-state index in [0.29, 0.717) is 24.6 Å². The maximum atomic E-state index is 11.4. The van der Waals surface area contributed by atoms with Gasteiger partial charge in [0.05, 0.1) is 20.7 Å². The molecule has 4 aliphatic rings. The van der Waals surface area contributed by atoms with E-state index < -0.39 is 11.4 Å². The molecular weight excluding hydrogens is 921 g/mol. The van der Waals surface area contributed by atoms with Gasteiger partial charge in [0.2, 0.25) is 11.4 Å². The van der Waals surface area contributed by atoms with Gasteiger partial charge in [0, 0.05) is 59.9 Å². The highest BCUT2D eigenvalue weighted by Crippen LogP contribution is 2.58. The van der Waals surface area contributed by atoms with Gasteiger partial charge in [0.25, 0.3) is 11.4 Å². The van der Waals surface area contributed by atoms with Crippen LogP contribution in [0.4, 0.5) is 22.7 Å². The van der Waals surface area contributed by atoms with E-state index in [0.717, 1.165) is 33.6 Å². The standard InChI is InChI=1S/2C32H28N2O3/c2*1-22-19-27(34(35)36)20-26-17-18-32(37-30(22)26)31(2,3)28-11-7-8-12-29(28)33(32)21-23-13-15-25(16-14-23)24-9-5-4-6-10-24/h2*4-20H,21H2,1-3H3. The number of nitro groups is 2. The summed E-state index contributed by atoms with van der Waals surface area (Å²) in [5.74, 6) is 1.39. The van der Waals surface area contributed by atoms with Crippen LogP contribution in [-0.4, -0.2) is 21.3 Å². The Balaban J connectivity index is 0.000000159. The van der Waals surface area contributed by atoms with Crippen molar-refractivity contribution in [1.29, 1.82) is 0 Å². The zero-order valence-corrected chi connectivity index (χ0v) is 42.3. The molecule has 4 aliphatic heterocycles. The fourth-order valence-corrected chi connectivity index (χ4v) is 11.6. The number of hydrogen-bond acceptors (Lipinski definition) is 8. The van der Waals surface area contributed by atoms with Gasteiger partial charge in [-0.25, -0.2) is 0 Å². The lowest BCUT2D eigenvalue weighted by atomic mass is 9.76. The number of aryl methyl sites for hydroxylation is 2. The number of para-hydroxylation sites is 2. The summed E-state index contributed by atoms with van der Waals surface area (Å²) < 4.78 is 13.9. The van der Waals surface area contributed by atoms with Crippen molar-refractivity contribution in [2.45, 2.75) is 76.9 Å². The van der Waals surface area contributed by atoms with Crippen molar-refractivity contribution in [2.24, 2.45) is 0 Å². The van der Waals surface area contributed by atoms with Crippen molar-refractivity contribution in [2.75, 3.05) is 9.80 Å². The molecule has 0 fully saturated rings. The average Bonchev–Trinajstić information content (AvgIpc) is 3.74. The van der Waals surface area contributed by atoms with Gasteiger partial charge in [-0.15, -0.1) is 0 Å². The van der Waals surface area contributed by atoms with E-state index in [-0.39, 0.29) is 32.1 Å². The molecule has 0 aromatic heterocycles. The van der Waals surface area contributed by atoms with Gasteiger partial charge in [-0.1, -0.05) is 146 Å². The Kier molecular flexibility index (Phi) is 11.6. The molecule has 0 amide bonds. The minimum absolute atomic E-state index is 0.0739. The number of nitrogens with zero attached hydrogens (tertiary/aromatic N) is 4. The topological polar surface area (TPSA) is 111 Å². The van der Waals surface area contributed by atoms with Gasteiger partial charge in [0.15, 0.2) is 0 Å². The van der Waals surface area contributed by atoms with Gasteiger partial charge in [-0.2, -0.15) is 0 Å². The molecule has 0 radical (unpaired) electrons. The van der Waals surface area contributed by atoms with Crippen LogP contribution in [0, 0.1) is 34.1 Å². The minimum atomic E-state index is -0.789. The van der Waals surface area contributed by atoms with E-state index in [2.05, 4.69) is 195 Å². The predicted octanol–water partition coefficient (Wildman–Crippen LogP) is 15.3. The number of benzene rings is 8. The largest absolute Gasteiger partial charge is 0.462 e. The lowest BCUT2D eigenvalue weighted by Crippen LogP contribution is -2.59. The molecule has 368 valence electrons. The second-order valence-electron chi connectivity index (χ2n) is 20.7. The molecule has 4 heterocycles. The van der Waals surface area contributed by atoms with E-state index in [1.807, 2.05) is 38.1 Å². The zero-order chi connectivity index (χ0) is 51.6. The molecule has 0 N–H and O–H groups in total. The Morgan fingerprint density at radius 3 is 1.15 bits per heavy atom. The first kappa shape index (κ1) is 47.6. The zero-order valence-electron chi connectivity index (χ0n) is 42.3. The summed E-state index contributed by atoms with van der Waals surface area (Å²) in [6.07, 6.45) is 8.13. The smallest absolute Gasteiger partial charge is 0.270 e. The molecule has 0 bridgehead atoms. The van der Waals surface area contributed by atoms with Crippen LogP contribution in [-0.2, 0) is 23.9 Å². The summed E-state index contributed by atoms with van der Waals surface area (Å²) in [7, 11) is 0. The summed E-state index contributed by atoms with van der Waals surface area (Å²) in [5.41, 5.74) is 12.6. The highest BCUT2D eigenvalue weighted by molar-refractivity contribution is 5.76. The summed E-state index contributed by atoms with van der Waals surface area (Å²) in [6, 6.07) is 61.4. The third-order valence-corrected chi connectivity index (χ3v) is 15.6. The molecular formula is C64H56N4O6. The van der Waals surface area contributed by atoms with Gasteiger partial charge in [0.1, 0.15) is 11.5 Å². The monoisotopic (exact) mass is 976 g/mol. The maximum absolute atomic E-state index is 11.4. The first-order chi connectivity index (χ1) is 35.6. The molecule has 8 aromatic carbocycles. The van der Waals surface area contributed by atoms with Crippen molar-refractivity contribution >= 4 is 34.9 Å². The van der Waals surface area contributed by atoms with Crippen LogP contribution in [0.3, 0.4) is 0 Å². The normalized spacial score (nSPS) is 18.8. The second kappa shape index (κ2) is 18.1. The Bertz CT molecular complexity index is 3320. The highest BCUT2D eigenvalue weighted by Gasteiger charge is 2.60. The molecule has 12 rings (SSSR count). The first-order valence-electron chi connectivity index (χ1n) is 25.0. The summed E-state index contributed by atoms with van der Waals surface area (Å²) >= 11 is 0. The van der Waals surface area contributed by atoms with Crippen LogP contribution in [0.15, 0.2) is 194 Å². The lowest BCUT2D eigenvalue weighted by Gasteiger charge is -2.47. The van der Waals surface area contributed by atoms with Crippen LogP contribution >= 0.6 is 0 Å². The maximum Gasteiger partial charge on any atom is 0.270 e. The van der Waals surface area contributed by atoms with Crippen LogP contribution in [0.25, 0.3) is 34.4 Å². The average molecular weight is 977 g/mol.